The van der Waals surface area contributed by atoms with E-state index in [9.17, 15) is 13.9 Å². The van der Waals surface area contributed by atoms with E-state index in [1.807, 2.05) is 24.3 Å². The van der Waals surface area contributed by atoms with Gasteiger partial charge in [-0.3, -0.25) is 0 Å². The Hall–Kier alpha value is -3.48. The van der Waals surface area contributed by atoms with E-state index in [-0.39, 0.29) is 16.4 Å². The van der Waals surface area contributed by atoms with Gasteiger partial charge in [-0.1, -0.05) is 42.5 Å². The van der Waals surface area contributed by atoms with Gasteiger partial charge in [0.15, 0.2) is 17.4 Å². The summed E-state index contributed by atoms with van der Waals surface area (Å²) in [5, 5.41) is 17.4. The van der Waals surface area contributed by atoms with Gasteiger partial charge in [-0.05, 0) is 54.5 Å². The number of phenolic OH excluding ortho intramolecular Hbond substituents is 1. The van der Waals surface area contributed by atoms with Crippen LogP contribution in [0, 0.1) is 17.0 Å². The zero-order valence-corrected chi connectivity index (χ0v) is 17.8. The highest BCUT2D eigenvalue weighted by Gasteiger charge is 2.30. The van der Waals surface area contributed by atoms with E-state index >= 15 is 0 Å². The quantitative estimate of drug-likeness (QED) is 0.476. The minimum atomic E-state index is -1.07. The molecule has 1 aliphatic heterocycles. The standard InChI is InChI=1S/C25H24F2N4O/c1-25(16-17-5-3-2-4-6-17)11-13-30(14-12-25)18-7-9-19(10-8-18)31-23-21(28-29-31)15-20(26)24(32)22(23)27/h2-10,15,32H,11-14,16H2,1H3. The lowest BCUT2D eigenvalue weighted by atomic mass is 9.75. The number of rotatable bonds is 4. The largest absolute Gasteiger partial charge is 0.503 e. The number of anilines is 1. The molecular formula is C25H24F2N4O. The van der Waals surface area contributed by atoms with Crippen LogP contribution < -0.4 is 4.90 Å². The van der Waals surface area contributed by atoms with Gasteiger partial charge in [0.25, 0.3) is 0 Å². The monoisotopic (exact) mass is 434 g/mol. The topological polar surface area (TPSA) is 54.2 Å². The second kappa shape index (κ2) is 7.89. The summed E-state index contributed by atoms with van der Waals surface area (Å²) in [5.74, 6) is -3.14. The summed E-state index contributed by atoms with van der Waals surface area (Å²) in [7, 11) is 0. The summed E-state index contributed by atoms with van der Waals surface area (Å²) in [4.78, 5) is 2.36. The van der Waals surface area contributed by atoms with E-state index in [0.717, 1.165) is 44.1 Å². The SMILES string of the molecule is CC1(Cc2ccccc2)CCN(c2ccc(-n3nnc4cc(F)c(O)c(F)c43)cc2)CC1. The highest BCUT2D eigenvalue weighted by Crippen LogP contribution is 2.36. The highest BCUT2D eigenvalue weighted by atomic mass is 19.1. The molecule has 0 atom stereocenters. The maximum Gasteiger partial charge on any atom is 0.195 e. The number of halogens is 2. The molecule has 0 bridgehead atoms. The first kappa shape index (κ1) is 20.4. The number of hydrogen-bond donors (Lipinski definition) is 1. The van der Waals surface area contributed by atoms with Crippen LogP contribution in [-0.4, -0.2) is 33.2 Å². The van der Waals surface area contributed by atoms with Crippen LogP contribution in [0.3, 0.4) is 0 Å². The third kappa shape index (κ3) is 3.68. The van der Waals surface area contributed by atoms with E-state index in [1.165, 1.54) is 10.2 Å². The van der Waals surface area contributed by atoms with E-state index < -0.39 is 17.4 Å². The Morgan fingerprint density at radius 3 is 2.31 bits per heavy atom. The average Bonchev–Trinajstić information content (AvgIpc) is 3.22. The number of phenols is 1. The van der Waals surface area contributed by atoms with Crippen molar-refractivity contribution < 1.29 is 13.9 Å². The van der Waals surface area contributed by atoms with Crippen LogP contribution in [0.15, 0.2) is 60.7 Å². The molecule has 2 heterocycles. The molecule has 0 radical (unpaired) electrons. The Morgan fingerprint density at radius 2 is 1.62 bits per heavy atom. The van der Waals surface area contributed by atoms with Crippen molar-refractivity contribution in [2.24, 2.45) is 5.41 Å². The number of aromatic hydroxyl groups is 1. The van der Waals surface area contributed by atoms with Gasteiger partial charge in [0.1, 0.15) is 11.0 Å². The van der Waals surface area contributed by atoms with Gasteiger partial charge in [-0.25, -0.2) is 13.5 Å². The number of piperidine rings is 1. The van der Waals surface area contributed by atoms with Gasteiger partial charge in [0, 0.05) is 24.8 Å². The summed E-state index contributed by atoms with van der Waals surface area (Å²) in [5.41, 5.74) is 3.35. The average molecular weight is 434 g/mol. The molecule has 5 nitrogen and oxygen atoms in total. The van der Waals surface area contributed by atoms with Gasteiger partial charge >= 0.3 is 0 Å². The normalized spacial score (nSPS) is 15.9. The van der Waals surface area contributed by atoms with Crippen molar-refractivity contribution in [1.82, 2.24) is 15.0 Å². The molecule has 1 fully saturated rings. The lowest BCUT2D eigenvalue weighted by Crippen LogP contribution is -2.39. The number of nitrogens with zero attached hydrogens (tertiary/aromatic N) is 4. The molecule has 5 rings (SSSR count). The van der Waals surface area contributed by atoms with Crippen LogP contribution in [-0.2, 0) is 6.42 Å². The molecule has 0 spiro atoms. The zero-order chi connectivity index (χ0) is 22.3. The van der Waals surface area contributed by atoms with Gasteiger partial charge in [-0.15, -0.1) is 5.10 Å². The Balaban J connectivity index is 1.32. The van der Waals surface area contributed by atoms with E-state index in [1.54, 1.807) is 0 Å². The summed E-state index contributed by atoms with van der Waals surface area (Å²) in [6.07, 6.45) is 3.29. The third-order valence-corrected chi connectivity index (χ3v) is 6.51. The van der Waals surface area contributed by atoms with Crippen molar-refractivity contribution in [1.29, 1.82) is 0 Å². The Kier molecular flexibility index (Phi) is 5.04. The third-order valence-electron chi connectivity index (χ3n) is 6.51. The molecule has 1 aromatic heterocycles. The molecule has 1 aliphatic rings. The molecule has 0 saturated carbocycles. The van der Waals surface area contributed by atoms with Gasteiger partial charge in [-0.2, -0.15) is 0 Å². The maximum atomic E-state index is 14.4. The Morgan fingerprint density at radius 1 is 0.969 bits per heavy atom. The van der Waals surface area contributed by atoms with Crippen molar-refractivity contribution in [3.8, 4) is 11.4 Å². The lowest BCUT2D eigenvalue weighted by Gasteiger charge is -2.40. The number of benzene rings is 3. The fourth-order valence-electron chi connectivity index (χ4n) is 4.56. The number of hydrogen-bond acceptors (Lipinski definition) is 4. The summed E-state index contributed by atoms with van der Waals surface area (Å²) in [6.45, 7) is 4.30. The van der Waals surface area contributed by atoms with Crippen LogP contribution in [0.2, 0.25) is 0 Å². The Bertz CT molecular complexity index is 1250. The van der Waals surface area contributed by atoms with Crippen molar-refractivity contribution in [3.05, 3.63) is 77.9 Å². The highest BCUT2D eigenvalue weighted by molar-refractivity contribution is 5.79. The number of fused-ring (bicyclic) bond motifs is 1. The van der Waals surface area contributed by atoms with E-state index in [4.69, 9.17) is 0 Å². The molecule has 1 saturated heterocycles. The van der Waals surface area contributed by atoms with Crippen molar-refractivity contribution in [2.45, 2.75) is 26.2 Å². The molecule has 4 aromatic rings. The molecule has 3 aromatic carbocycles. The molecular weight excluding hydrogens is 410 g/mol. The minimum absolute atomic E-state index is 0.0497. The second-order valence-corrected chi connectivity index (χ2v) is 8.87. The molecule has 32 heavy (non-hydrogen) atoms. The zero-order valence-electron chi connectivity index (χ0n) is 17.8. The molecule has 7 heteroatoms. The second-order valence-electron chi connectivity index (χ2n) is 8.87. The van der Waals surface area contributed by atoms with Gasteiger partial charge in [0.2, 0.25) is 0 Å². The van der Waals surface area contributed by atoms with Crippen molar-refractivity contribution >= 4 is 16.7 Å². The predicted octanol–water partition coefficient (Wildman–Crippen LogP) is 5.25. The summed E-state index contributed by atoms with van der Waals surface area (Å²) >= 11 is 0. The summed E-state index contributed by atoms with van der Waals surface area (Å²) < 4.78 is 29.3. The predicted molar refractivity (Wildman–Crippen MR) is 120 cm³/mol. The van der Waals surface area contributed by atoms with E-state index in [0.29, 0.717) is 5.69 Å². The summed E-state index contributed by atoms with van der Waals surface area (Å²) in [6, 6.07) is 19.2. The first-order valence-corrected chi connectivity index (χ1v) is 10.8. The van der Waals surface area contributed by atoms with Gasteiger partial charge < -0.3 is 10.0 Å². The van der Waals surface area contributed by atoms with E-state index in [2.05, 4.69) is 52.5 Å². The molecule has 1 N–H and O–H groups in total. The van der Waals surface area contributed by atoms with Crippen LogP contribution in [0.1, 0.15) is 25.3 Å². The molecule has 0 unspecified atom stereocenters. The Labute approximate surface area is 184 Å². The van der Waals surface area contributed by atoms with Crippen LogP contribution in [0.4, 0.5) is 14.5 Å². The number of aromatic nitrogens is 3. The minimum Gasteiger partial charge on any atom is -0.503 e. The van der Waals surface area contributed by atoms with Crippen LogP contribution in [0.25, 0.3) is 16.7 Å². The first-order valence-electron chi connectivity index (χ1n) is 10.8. The fourth-order valence-corrected chi connectivity index (χ4v) is 4.56. The lowest BCUT2D eigenvalue weighted by molar-refractivity contribution is 0.246. The molecule has 0 aliphatic carbocycles. The smallest absolute Gasteiger partial charge is 0.195 e. The molecule has 0 amide bonds. The fraction of sp³-hybridized carbons (Fsp3) is 0.280. The van der Waals surface area contributed by atoms with Crippen LogP contribution >= 0.6 is 0 Å². The van der Waals surface area contributed by atoms with Crippen molar-refractivity contribution in [2.75, 3.05) is 18.0 Å². The van der Waals surface area contributed by atoms with Crippen molar-refractivity contribution in [3.63, 3.8) is 0 Å². The van der Waals surface area contributed by atoms with Gasteiger partial charge in [0.05, 0.1) is 5.69 Å². The first-order chi connectivity index (χ1) is 15.4. The maximum absolute atomic E-state index is 14.4. The molecule has 164 valence electrons. The van der Waals surface area contributed by atoms with Crippen LogP contribution in [0.5, 0.6) is 5.75 Å².